The van der Waals surface area contributed by atoms with Gasteiger partial charge in [-0.15, -0.1) is 0 Å². The first kappa shape index (κ1) is 8.85. The Morgan fingerprint density at radius 1 is 1.60 bits per heavy atom. The highest BCUT2D eigenvalue weighted by Crippen LogP contribution is 2.32. The van der Waals surface area contributed by atoms with Crippen molar-refractivity contribution in [3.8, 4) is 0 Å². The molecule has 1 N–H and O–H groups in total. The molecule has 0 aliphatic heterocycles. The maximum Gasteiger partial charge on any atom is 0.229 e. The minimum absolute atomic E-state index is 0.109. The second-order valence-corrected chi connectivity index (χ2v) is 4.71. The summed E-state index contributed by atoms with van der Waals surface area (Å²) in [5.74, 6) is 0.335. The van der Waals surface area contributed by atoms with Crippen molar-refractivity contribution in [3.63, 3.8) is 0 Å². The van der Waals surface area contributed by atoms with Crippen molar-refractivity contribution in [2.75, 3.05) is 5.32 Å². The number of aromatic nitrogens is 1. The largest absolute Gasteiger partial charge is 0.302 e. The molecule has 1 saturated carbocycles. The Hall–Kier alpha value is -1.42. The van der Waals surface area contributed by atoms with Crippen LogP contribution in [0.4, 0.5) is 5.13 Å². The van der Waals surface area contributed by atoms with Crippen LogP contribution in [0.15, 0.2) is 18.2 Å². The van der Waals surface area contributed by atoms with E-state index >= 15 is 0 Å². The molecule has 1 aliphatic rings. The zero-order chi connectivity index (χ0) is 10.3. The smallest absolute Gasteiger partial charge is 0.229 e. The molecule has 3 nitrogen and oxygen atoms in total. The van der Waals surface area contributed by atoms with Crippen LogP contribution in [0.2, 0.25) is 0 Å². The van der Waals surface area contributed by atoms with Crippen molar-refractivity contribution < 1.29 is 4.79 Å². The van der Waals surface area contributed by atoms with Gasteiger partial charge in [-0.25, -0.2) is 4.98 Å². The molecule has 1 amide bonds. The summed E-state index contributed by atoms with van der Waals surface area (Å²) >= 11 is 1.50. The van der Waals surface area contributed by atoms with Gasteiger partial charge >= 0.3 is 0 Å². The van der Waals surface area contributed by atoms with E-state index in [4.69, 9.17) is 0 Å². The predicted octanol–water partition coefficient (Wildman–Crippen LogP) is 2.44. The van der Waals surface area contributed by atoms with Crippen LogP contribution < -0.4 is 5.32 Å². The van der Waals surface area contributed by atoms with Gasteiger partial charge < -0.3 is 5.32 Å². The van der Waals surface area contributed by atoms with Crippen LogP contribution in [0, 0.1) is 12.0 Å². The third-order valence-electron chi connectivity index (χ3n) is 2.41. The van der Waals surface area contributed by atoms with Gasteiger partial charge in [0.2, 0.25) is 5.91 Å². The van der Waals surface area contributed by atoms with E-state index in [9.17, 15) is 4.79 Å². The SMILES string of the molecule is O=C(Nc1nc2cc[c]cc2s1)C1CC1. The molecular weight excluding hydrogens is 208 g/mol. The number of hydrogen-bond acceptors (Lipinski definition) is 3. The molecule has 0 atom stereocenters. The molecular formula is C11H9N2OS. The first-order valence-electron chi connectivity index (χ1n) is 4.90. The number of amides is 1. The van der Waals surface area contributed by atoms with Crippen LogP contribution in [-0.4, -0.2) is 10.9 Å². The van der Waals surface area contributed by atoms with Gasteiger partial charge in [-0.05, 0) is 31.0 Å². The van der Waals surface area contributed by atoms with E-state index in [0.29, 0.717) is 5.13 Å². The van der Waals surface area contributed by atoms with E-state index in [2.05, 4.69) is 16.4 Å². The maximum absolute atomic E-state index is 11.5. The number of anilines is 1. The van der Waals surface area contributed by atoms with Crippen molar-refractivity contribution in [1.29, 1.82) is 0 Å². The lowest BCUT2D eigenvalue weighted by molar-refractivity contribution is -0.117. The topological polar surface area (TPSA) is 42.0 Å². The summed E-state index contributed by atoms with van der Waals surface area (Å²) in [5.41, 5.74) is 0.921. The van der Waals surface area contributed by atoms with Gasteiger partial charge in [0.1, 0.15) is 0 Å². The van der Waals surface area contributed by atoms with Crippen LogP contribution >= 0.6 is 11.3 Å². The minimum Gasteiger partial charge on any atom is -0.302 e. The number of fused-ring (bicyclic) bond motifs is 1. The Kier molecular flexibility index (Phi) is 1.95. The average molecular weight is 217 g/mol. The Morgan fingerprint density at radius 2 is 2.47 bits per heavy atom. The molecule has 0 unspecified atom stereocenters. The Morgan fingerprint density at radius 3 is 3.20 bits per heavy atom. The van der Waals surface area contributed by atoms with Crippen molar-refractivity contribution in [3.05, 3.63) is 24.3 Å². The van der Waals surface area contributed by atoms with Gasteiger partial charge in [-0.3, -0.25) is 4.79 Å². The average Bonchev–Trinajstić information content (AvgIpc) is 2.99. The number of nitrogens with one attached hydrogen (secondary N) is 1. The zero-order valence-corrected chi connectivity index (χ0v) is 8.80. The third kappa shape index (κ3) is 1.72. The second kappa shape index (κ2) is 3.31. The van der Waals surface area contributed by atoms with E-state index in [0.717, 1.165) is 23.1 Å². The van der Waals surface area contributed by atoms with Gasteiger partial charge in [0, 0.05) is 5.92 Å². The molecule has 1 aromatic heterocycles. The van der Waals surface area contributed by atoms with E-state index in [1.165, 1.54) is 11.3 Å². The van der Waals surface area contributed by atoms with Crippen molar-refractivity contribution in [2.45, 2.75) is 12.8 Å². The third-order valence-corrected chi connectivity index (χ3v) is 3.34. The van der Waals surface area contributed by atoms with E-state index in [1.807, 2.05) is 18.2 Å². The summed E-state index contributed by atoms with van der Waals surface area (Å²) in [6, 6.07) is 8.61. The molecule has 0 spiro atoms. The van der Waals surface area contributed by atoms with Crippen molar-refractivity contribution in [2.24, 2.45) is 5.92 Å². The summed E-state index contributed by atoms with van der Waals surface area (Å²) in [7, 11) is 0. The number of rotatable bonds is 2. The van der Waals surface area contributed by atoms with Gasteiger partial charge in [-0.1, -0.05) is 17.4 Å². The van der Waals surface area contributed by atoms with Gasteiger partial charge in [0.25, 0.3) is 0 Å². The van der Waals surface area contributed by atoms with Crippen molar-refractivity contribution in [1.82, 2.24) is 4.98 Å². The number of carbonyl (C=O) groups excluding carboxylic acids is 1. The molecule has 1 aliphatic carbocycles. The number of hydrogen-bond donors (Lipinski definition) is 1. The normalized spacial score (nSPS) is 15.5. The molecule has 2 aromatic rings. The fourth-order valence-corrected chi connectivity index (χ4v) is 2.27. The first-order valence-corrected chi connectivity index (χ1v) is 5.72. The zero-order valence-electron chi connectivity index (χ0n) is 7.99. The fourth-order valence-electron chi connectivity index (χ4n) is 1.42. The maximum atomic E-state index is 11.5. The van der Waals surface area contributed by atoms with Crippen LogP contribution in [0.1, 0.15) is 12.8 Å². The molecule has 1 radical (unpaired) electrons. The highest BCUT2D eigenvalue weighted by Gasteiger charge is 2.30. The summed E-state index contributed by atoms with van der Waals surface area (Å²) in [6.45, 7) is 0. The molecule has 1 heterocycles. The first-order chi connectivity index (χ1) is 7.33. The highest BCUT2D eigenvalue weighted by molar-refractivity contribution is 7.22. The minimum atomic E-state index is 0.109. The molecule has 75 valence electrons. The van der Waals surface area contributed by atoms with Crippen LogP contribution in [0.3, 0.4) is 0 Å². The Balaban J connectivity index is 1.87. The number of thiazole rings is 1. The lowest BCUT2D eigenvalue weighted by Crippen LogP contribution is -2.12. The number of carbonyl (C=O) groups is 1. The molecule has 1 fully saturated rings. The highest BCUT2D eigenvalue weighted by atomic mass is 32.1. The van der Waals surface area contributed by atoms with Crippen LogP contribution in [-0.2, 0) is 4.79 Å². The fraction of sp³-hybridized carbons (Fsp3) is 0.273. The molecule has 3 rings (SSSR count). The summed E-state index contributed by atoms with van der Waals surface area (Å²) in [6.07, 6.45) is 2.04. The quantitative estimate of drug-likeness (QED) is 0.839. The molecule has 4 heteroatoms. The standard InChI is InChI=1S/C11H9N2OS/c14-10(7-5-6-7)13-11-12-8-3-1-2-4-9(8)15-11/h1,3-4,7H,5-6H2,(H,12,13,14). The summed E-state index contributed by atoms with van der Waals surface area (Å²) in [5, 5.41) is 3.54. The van der Waals surface area contributed by atoms with Gasteiger partial charge in [0.05, 0.1) is 10.2 Å². The van der Waals surface area contributed by atoms with Gasteiger partial charge in [0.15, 0.2) is 5.13 Å². The molecule has 0 bridgehead atoms. The van der Waals surface area contributed by atoms with Crippen LogP contribution in [0.5, 0.6) is 0 Å². The van der Waals surface area contributed by atoms with Crippen molar-refractivity contribution >= 4 is 32.6 Å². The van der Waals surface area contributed by atoms with E-state index in [-0.39, 0.29) is 11.8 Å². The molecule has 15 heavy (non-hydrogen) atoms. The van der Waals surface area contributed by atoms with E-state index < -0.39 is 0 Å². The summed E-state index contributed by atoms with van der Waals surface area (Å²) < 4.78 is 1.06. The second-order valence-electron chi connectivity index (χ2n) is 3.68. The van der Waals surface area contributed by atoms with Gasteiger partial charge in [-0.2, -0.15) is 0 Å². The lowest BCUT2D eigenvalue weighted by atomic mass is 10.3. The Bertz CT molecular complexity index is 483. The summed E-state index contributed by atoms with van der Waals surface area (Å²) in [4.78, 5) is 15.8. The number of benzene rings is 1. The lowest BCUT2D eigenvalue weighted by Gasteiger charge is -1.96. The van der Waals surface area contributed by atoms with E-state index in [1.54, 1.807) is 0 Å². The van der Waals surface area contributed by atoms with Crippen LogP contribution in [0.25, 0.3) is 10.2 Å². The molecule has 1 aromatic carbocycles. The Labute approximate surface area is 91.1 Å². The number of nitrogens with zero attached hydrogens (tertiary/aromatic N) is 1. The monoisotopic (exact) mass is 217 g/mol. The molecule has 0 saturated heterocycles. The predicted molar refractivity (Wildman–Crippen MR) is 59.8 cm³/mol.